The van der Waals surface area contributed by atoms with Crippen LogP contribution in [0.4, 0.5) is 0 Å². The number of aromatic nitrogens is 3. The first-order valence-electron chi connectivity index (χ1n) is 10.1. The van der Waals surface area contributed by atoms with Crippen LogP contribution >= 0.6 is 11.3 Å². The second kappa shape index (κ2) is 9.84. The lowest BCUT2D eigenvalue weighted by Crippen LogP contribution is -2.40. The molecular formula is C22H25N5O3S. The van der Waals surface area contributed by atoms with Gasteiger partial charge in [-0.1, -0.05) is 6.07 Å². The van der Waals surface area contributed by atoms with Crippen LogP contribution in [-0.4, -0.2) is 62.1 Å². The van der Waals surface area contributed by atoms with Gasteiger partial charge in [0.2, 0.25) is 11.8 Å². The normalized spacial score (nSPS) is 17.1. The number of hydrogen-bond donors (Lipinski definition) is 0. The van der Waals surface area contributed by atoms with E-state index >= 15 is 0 Å². The van der Waals surface area contributed by atoms with Crippen molar-refractivity contribution in [2.24, 2.45) is 7.05 Å². The van der Waals surface area contributed by atoms with E-state index in [0.717, 1.165) is 16.0 Å². The minimum Gasteiger partial charge on any atom is -0.370 e. The van der Waals surface area contributed by atoms with E-state index in [9.17, 15) is 9.59 Å². The van der Waals surface area contributed by atoms with E-state index in [1.807, 2.05) is 42.9 Å². The third kappa shape index (κ3) is 5.77. The zero-order chi connectivity index (χ0) is 21.6. The molecule has 1 unspecified atom stereocenters. The first-order valence-corrected chi connectivity index (χ1v) is 11.0. The molecule has 0 spiro atoms. The highest BCUT2D eigenvalue weighted by molar-refractivity contribution is 7.10. The van der Waals surface area contributed by atoms with E-state index in [0.29, 0.717) is 32.7 Å². The largest absolute Gasteiger partial charge is 0.370 e. The van der Waals surface area contributed by atoms with Gasteiger partial charge in [0, 0.05) is 55.7 Å². The summed E-state index contributed by atoms with van der Waals surface area (Å²) in [5.74, 6) is -0.144. The summed E-state index contributed by atoms with van der Waals surface area (Å²) in [6.07, 6.45) is 7.10. The number of rotatable bonds is 7. The molecular weight excluding hydrogens is 414 g/mol. The minimum absolute atomic E-state index is 0.0551. The Morgan fingerprint density at radius 2 is 2.06 bits per heavy atom. The lowest BCUT2D eigenvalue weighted by molar-refractivity contribution is -0.138. The highest BCUT2D eigenvalue weighted by Crippen LogP contribution is 2.16. The van der Waals surface area contributed by atoms with E-state index in [2.05, 4.69) is 10.1 Å². The van der Waals surface area contributed by atoms with E-state index in [1.165, 1.54) is 0 Å². The second-order valence-electron chi connectivity index (χ2n) is 7.62. The molecule has 4 heterocycles. The monoisotopic (exact) mass is 439 g/mol. The molecule has 1 aliphatic rings. The van der Waals surface area contributed by atoms with Gasteiger partial charge >= 0.3 is 0 Å². The molecule has 0 bridgehead atoms. The summed E-state index contributed by atoms with van der Waals surface area (Å²) in [7, 11) is 1.85. The van der Waals surface area contributed by atoms with Gasteiger partial charge in [-0.2, -0.15) is 5.10 Å². The number of pyridine rings is 1. The molecule has 0 aliphatic carbocycles. The summed E-state index contributed by atoms with van der Waals surface area (Å²) < 4.78 is 7.87. The Kier molecular flexibility index (Phi) is 6.73. The van der Waals surface area contributed by atoms with Crippen molar-refractivity contribution >= 4 is 23.2 Å². The topological polar surface area (TPSA) is 80.6 Å². The number of hydrogen-bond acceptors (Lipinski definition) is 6. The van der Waals surface area contributed by atoms with Gasteiger partial charge in [-0.25, -0.2) is 0 Å². The fraction of sp³-hybridized carbons (Fsp3) is 0.364. The quantitative estimate of drug-likeness (QED) is 0.562. The lowest BCUT2D eigenvalue weighted by Gasteiger charge is -2.24. The Balaban J connectivity index is 1.48. The van der Waals surface area contributed by atoms with Gasteiger partial charge in [0.15, 0.2) is 0 Å². The smallest absolute Gasteiger partial charge is 0.242 e. The van der Waals surface area contributed by atoms with Gasteiger partial charge in [-0.15, -0.1) is 11.3 Å². The SMILES string of the molecule is Cn1cc(CN2CC(OCc3ccncc3)CN(C(=O)Cc3cccs3)CC2=O)cn1. The number of amides is 2. The Bertz CT molecular complexity index is 1010. The van der Waals surface area contributed by atoms with Crippen LogP contribution in [0, 0.1) is 0 Å². The maximum atomic E-state index is 13.0. The first-order chi connectivity index (χ1) is 15.1. The van der Waals surface area contributed by atoms with Crippen molar-refractivity contribution in [3.63, 3.8) is 0 Å². The lowest BCUT2D eigenvalue weighted by atomic mass is 10.2. The van der Waals surface area contributed by atoms with Crippen LogP contribution < -0.4 is 0 Å². The van der Waals surface area contributed by atoms with Crippen LogP contribution in [0.5, 0.6) is 0 Å². The number of ether oxygens (including phenoxy) is 1. The van der Waals surface area contributed by atoms with Crippen molar-refractivity contribution in [2.45, 2.75) is 25.7 Å². The molecule has 0 saturated carbocycles. The van der Waals surface area contributed by atoms with Crippen molar-refractivity contribution in [1.29, 1.82) is 0 Å². The van der Waals surface area contributed by atoms with Gasteiger partial charge in [0.25, 0.3) is 0 Å². The predicted molar refractivity (Wildman–Crippen MR) is 116 cm³/mol. The van der Waals surface area contributed by atoms with Crippen molar-refractivity contribution in [3.05, 3.63) is 70.4 Å². The number of carbonyl (C=O) groups is 2. The molecule has 0 radical (unpaired) electrons. The number of thiophene rings is 1. The number of aryl methyl sites for hydroxylation is 1. The maximum absolute atomic E-state index is 13.0. The maximum Gasteiger partial charge on any atom is 0.242 e. The van der Waals surface area contributed by atoms with Crippen LogP contribution in [0.3, 0.4) is 0 Å². The van der Waals surface area contributed by atoms with E-state index in [1.54, 1.807) is 44.4 Å². The molecule has 1 fully saturated rings. The predicted octanol–water partition coefficient (Wildman–Crippen LogP) is 1.88. The summed E-state index contributed by atoms with van der Waals surface area (Å²) in [5, 5.41) is 6.14. The minimum atomic E-state index is -0.288. The molecule has 3 aromatic rings. The Morgan fingerprint density at radius 1 is 1.23 bits per heavy atom. The summed E-state index contributed by atoms with van der Waals surface area (Å²) in [6.45, 7) is 1.69. The molecule has 2 amide bonds. The highest BCUT2D eigenvalue weighted by Gasteiger charge is 2.31. The fourth-order valence-corrected chi connectivity index (χ4v) is 4.26. The van der Waals surface area contributed by atoms with Crippen molar-refractivity contribution in [3.8, 4) is 0 Å². The molecule has 3 aromatic heterocycles. The Morgan fingerprint density at radius 3 is 2.77 bits per heavy atom. The summed E-state index contributed by atoms with van der Waals surface area (Å²) in [5.41, 5.74) is 1.95. The molecule has 0 N–H and O–H groups in total. The molecule has 1 atom stereocenters. The van der Waals surface area contributed by atoms with Crippen LogP contribution in [0.1, 0.15) is 16.0 Å². The van der Waals surface area contributed by atoms with Crippen LogP contribution in [0.15, 0.2) is 54.4 Å². The van der Waals surface area contributed by atoms with Crippen LogP contribution in [0.25, 0.3) is 0 Å². The summed E-state index contributed by atoms with van der Waals surface area (Å²) in [6, 6.07) is 7.66. The van der Waals surface area contributed by atoms with Gasteiger partial charge in [-0.3, -0.25) is 19.3 Å². The third-order valence-electron chi connectivity index (χ3n) is 5.15. The molecule has 1 saturated heterocycles. The van der Waals surface area contributed by atoms with Gasteiger partial charge in [0.05, 0.1) is 31.9 Å². The Hall–Kier alpha value is -3.04. The van der Waals surface area contributed by atoms with Gasteiger partial charge in [0.1, 0.15) is 0 Å². The van der Waals surface area contributed by atoms with Crippen LogP contribution in [-0.2, 0) is 40.9 Å². The molecule has 1 aliphatic heterocycles. The summed E-state index contributed by atoms with van der Waals surface area (Å²) in [4.78, 5) is 34.3. The molecule has 9 heteroatoms. The molecule has 162 valence electrons. The Labute approximate surface area is 185 Å². The van der Waals surface area contributed by atoms with E-state index in [4.69, 9.17) is 4.74 Å². The molecule has 0 aromatic carbocycles. The fourth-order valence-electron chi connectivity index (χ4n) is 3.57. The molecule has 8 nitrogen and oxygen atoms in total. The van der Waals surface area contributed by atoms with E-state index in [-0.39, 0.29) is 24.5 Å². The molecule has 31 heavy (non-hydrogen) atoms. The average Bonchev–Trinajstić information content (AvgIpc) is 3.39. The number of nitrogens with zero attached hydrogens (tertiary/aromatic N) is 5. The molecule has 4 rings (SSSR count). The highest BCUT2D eigenvalue weighted by atomic mass is 32.1. The first kappa shape index (κ1) is 21.2. The third-order valence-corrected chi connectivity index (χ3v) is 6.03. The van der Waals surface area contributed by atoms with Gasteiger partial charge in [-0.05, 0) is 29.1 Å². The zero-order valence-electron chi connectivity index (χ0n) is 17.4. The van der Waals surface area contributed by atoms with E-state index < -0.39 is 0 Å². The second-order valence-corrected chi connectivity index (χ2v) is 8.65. The average molecular weight is 440 g/mol. The van der Waals surface area contributed by atoms with Crippen molar-refractivity contribution in [2.75, 3.05) is 19.6 Å². The summed E-state index contributed by atoms with van der Waals surface area (Å²) >= 11 is 1.54. The standard InChI is InChI=1S/C22H25N5O3S/c1-25-11-18(10-24-25)12-26-13-19(30-16-17-4-6-23-7-5-17)14-27(15-22(26)29)21(28)9-20-3-2-8-31-20/h2-8,10-11,19H,9,12-16H2,1H3. The zero-order valence-corrected chi connectivity index (χ0v) is 18.2. The number of carbonyl (C=O) groups excluding carboxylic acids is 2. The van der Waals surface area contributed by atoms with Crippen molar-refractivity contribution in [1.82, 2.24) is 24.6 Å². The van der Waals surface area contributed by atoms with Crippen LogP contribution in [0.2, 0.25) is 0 Å². The van der Waals surface area contributed by atoms with Crippen molar-refractivity contribution < 1.29 is 14.3 Å². The van der Waals surface area contributed by atoms with Gasteiger partial charge < -0.3 is 14.5 Å².